The summed E-state index contributed by atoms with van der Waals surface area (Å²) in [5.41, 5.74) is 0. The molecule has 3 aliphatic heterocycles. The molecule has 0 aromatic rings. The fourth-order valence-corrected chi connectivity index (χ4v) is 8.02. The minimum absolute atomic E-state index is 0.0308. The summed E-state index contributed by atoms with van der Waals surface area (Å²) in [5, 5.41) is 6.85. The highest BCUT2D eigenvalue weighted by atomic mass is 16.5. The van der Waals surface area contributed by atoms with Crippen molar-refractivity contribution in [1.82, 2.24) is 15.5 Å². The summed E-state index contributed by atoms with van der Waals surface area (Å²) >= 11 is 0. The van der Waals surface area contributed by atoms with E-state index >= 15 is 0 Å². The van der Waals surface area contributed by atoms with Gasteiger partial charge in [0.25, 0.3) is 0 Å². The van der Waals surface area contributed by atoms with Gasteiger partial charge in [0.1, 0.15) is 6.10 Å². The van der Waals surface area contributed by atoms with Crippen LogP contribution in [0.1, 0.15) is 78.6 Å². The first-order valence-electron chi connectivity index (χ1n) is 14.1. The van der Waals surface area contributed by atoms with E-state index in [0.29, 0.717) is 54.9 Å². The molecular weight excluding hydrogens is 430 g/mol. The summed E-state index contributed by atoms with van der Waals surface area (Å²) in [7, 11) is 0. The second-order valence-electron chi connectivity index (χ2n) is 11.7. The Morgan fingerprint density at radius 2 is 1.91 bits per heavy atom. The molecule has 0 radical (unpaired) electrons. The Morgan fingerprint density at radius 3 is 2.74 bits per heavy atom. The number of hydrogen-bond donors (Lipinski definition) is 2. The van der Waals surface area contributed by atoms with Crippen molar-refractivity contribution in [1.29, 1.82) is 0 Å². The summed E-state index contributed by atoms with van der Waals surface area (Å²) in [6.45, 7) is 8.27. The number of carbonyl (C=O) groups is 2. The molecule has 7 heteroatoms. The topological polar surface area (TPSA) is 79.9 Å². The van der Waals surface area contributed by atoms with E-state index in [9.17, 15) is 9.59 Å². The van der Waals surface area contributed by atoms with Crippen molar-refractivity contribution >= 4 is 11.8 Å². The van der Waals surface area contributed by atoms with Crippen molar-refractivity contribution in [2.24, 2.45) is 23.7 Å². The largest absolute Gasteiger partial charge is 0.379 e. The Hall–Kier alpha value is -1.18. The van der Waals surface area contributed by atoms with E-state index in [1.54, 1.807) is 0 Å². The fraction of sp³-hybridized carbons (Fsp3) is 0.926. The predicted octanol–water partition coefficient (Wildman–Crippen LogP) is 2.87. The molecule has 0 spiro atoms. The second-order valence-corrected chi connectivity index (χ2v) is 11.7. The van der Waals surface area contributed by atoms with Crippen LogP contribution < -0.4 is 10.6 Å². The molecule has 5 aliphatic rings. The molecule has 2 saturated carbocycles. The second kappa shape index (κ2) is 10.4. The summed E-state index contributed by atoms with van der Waals surface area (Å²) in [5.74, 6) is 2.30. The maximum Gasteiger partial charge on any atom is 0.248 e. The number of carbonyl (C=O) groups excluding carboxylic acids is 2. The van der Waals surface area contributed by atoms with E-state index in [1.807, 2.05) is 20.8 Å². The van der Waals surface area contributed by atoms with Gasteiger partial charge < -0.3 is 25.0 Å². The Morgan fingerprint density at radius 1 is 1.09 bits per heavy atom. The minimum Gasteiger partial charge on any atom is -0.379 e. The lowest BCUT2D eigenvalue weighted by molar-refractivity contribution is -0.152. The van der Waals surface area contributed by atoms with Crippen molar-refractivity contribution in [2.75, 3.05) is 19.7 Å². The maximum absolute atomic E-state index is 13.7. The van der Waals surface area contributed by atoms with Crippen molar-refractivity contribution in [2.45, 2.75) is 115 Å². The van der Waals surface area contributed by atoms with Gasteiger partial charge in [-0.2, -0.15) is 0 Å². The van der Waals surface area contributed by atoms with Gasteiger partial charge >= 0.3 is 0 Å². The third-order valence-corrected chi connectivity index (χ3v) is 9.40. The fourth-order valence-electron chi connectivity index (χ4n) is 8.02. The van der Waals surface area contributed by atoms with Gasteiger partial charge in [0.05, 0.1) is 18.2 Å². The first kappa shape index (κ1) is 24.5. The molecule has 5 rings (SSSR count). The average Bonchev–Trinajstić information content (AvgIpc) is 3.17. The monoisotopic (exact) mass is 475 g/mol. The van der Waals surface area contributed by atoms with Crippen LogP contribution in [0, 0.1) is 23.7 Å². The molecule has 192 valence electrons. The van der Waals surface area contributed by atoms with Gasteiger partial charge in [-0.05, 0) is 90.0 Å². The number of amides is 2. The molecule has 2 amide bonds. The number of rotatable bonds is 8. The molecule has 5 fully saturated rings. The number of piperidine rings is 2. The number of nitrogens with zero attached hydrogens (tertiary/aromatic N) is 1. The molecule has 9 unspecified atom stereocenters. The first-order chi connectivity index (χ1) is 16.5. The SMILES string of the molecule is CC(C)OCCCNC(=O)C(C)OC1CCC2C(C1)C1CCNC3C4CCCCC4C(=O)N2C13. The lowest BCUT2D eigenvalue weighted by Gasteiger charge is -2.52. The number of fused-ring (bicyclic) bond motifs is 5. The molecule has 3 heterocycles. The van der Waals surface area contributed by atoms with Crippen LogP contribution in [0.2, 0.25) is 0 Å². The van der Waals surface area contributed by atoms with Crippen molar-refractivity contribution in [3.63, 3.8) is 0 Å². The summed E-state index contributed by atoms with van der Waals surface area (Å²) in [4.78, 5) is 28.6. The zero-order valence-electron chi connectivity index (χ0n) is 21.3. The van der Waals surface area contributed by atoms with Crippen molar-refractivity contribution in [3.05, 3.63) is 0 Å². The third-order valence-electron chi connectivity index (χ3n) is 9.40. The quantitative estimate of drug-likeness (QED) is 0.528. The number of nitrogens with one attached hydrogen (secondary N) is 2. The normalized spacial score (nSPS) is 39.9. The Balaban J connectivity index is 1.18. The maximum atomic E-state index is 13.7. The van der Waals surface area contributed by atoms with Gasteiger partial charge in [0, 0.05) is 31.2 Å². The van der Waals surface area contributed by atoms with Crippen LogP contribution >= 0.6 is 0 Å². The Bertz CT molecular complexity index is 745. The smallest absolute Gasteiger partial charge is 0.248 e. The summed E-state index contributed by atoms with van der Waals surface area (Å²) in [6.07, 6.45) is 9.56. The summed E-state index contributed by atoms with van der Waals surface area (Å²) < 4.78 is 11.8. The number of ether oxygens (including phenoxy) is 2. The molecule has 0 aromatic carbocycles. The van der Waals surface area contributed by atoms with Crippen LogP contribution in [0.4, 0.5) is 0 Å². The Kier molecular flexibility index (Phi) is 7.52. The van der Waals surface area contributed by atoms with E-state index in [-0.39, 0.29) is 24.0 Å². The van der Waals surface area contributed by atoms with Crippen LogP contribution in [0.5, 0.6) is 0 Å². The molecule has 7 nitrogen and oxygen atoms in total. The molecule has 2 N–H and O–H groups in total. The lowest BCUT2D eigenvalue weighted by atomic mass is 9.66. The molecule has 3 saturated heterocycles. The first-order valence-corrected chi connectivity index (χ1v) is 14.1. The zero-order valence-corrected chi connectivity index (χ0v) is 21.3. The van der Waals surface area contributed by atoms with Crippen molar-refractivity contribution in [3.8, 4) is 0 Å². The molecule has 0 aromatic heterocycles. The van der Waals surface area contributed by atoms with Crippen LogP contribution in [0.25, 0.3) is 0 Å². The van der Waals surface area contributed by atoms with E-state index < -0.39 is 6.10 Å². The van der Waals surface area contributed by atoms with E-state index in [4.69, 9.17) is 9.47 Å². The average molecular weight is 476 g/mol. The number of hydrogen-bond acceptors (Lipinski definition) is 5. The summed E-state index contributed by atoms with van der Waals surface area (Å²) in [6, 6.07) is 1.23. The molecule has 9 atom stereocenters. The van der Waals surface area contributed by atoms with E-state index in [2.05, 4.69) is 15.5 Å². The van der Waals surface area contributed by atoms with Gasteiger partial charge in [-0.1, -0.05) is 12.8 Å². The molecule has 0 bridgehead atoms. The Labute approximate surface area is 205 Å². The van der Waals surface area contributed by atoms with Gasteiger partial charge in [0.2, 0.25) is 11.8 Å². The van der Waals surface area contributed by atoms with Gasteiger partial charge in [-0.25, -0.2) is 0 Å². The predicted molar refractivity (Wildman–Crippen MR) is 130 cm³/mol. The van der Waals surface area contributed by atoms with Gasteiger partial charge in [0.15, 0.2) is 0 Å². The van der Waals surface area contributed by atoms with Gasteiger partial charge in [-0.3, -0.25) is 9.59 Å². The highest BCUT2D eigenvalue weighted by Crippen LogP contribution is 2.54. The zero-order chi connectivity index (χ0) is 23.8. The minimum atomic E-state index is -0.443. The van der Waals surface area contributed by atoms with Crippen LogP contribution in [-0.2, 0) is 19.1 Å². The van der Waals surface area contributed by atoms with Crippen LogP contribution in [0.15, 0.2) is 0 Å². The van der Waals surface area contributed by atoms with Gasteiger partial charge in [-0.15, -0.1) is 0 Å². The highest BCUT2D eigenvalue weighted by Gasteiger charge is 2.61. The molecular formula is C27H45N3O4. The van der Waals surface area contributed by atoms with E-state index in [1.165, 1.54) is 19.3 Å². The van der Waals surface area contributed by atoms with Crippen LogP contribution in [-0.4, -0.2) is 72.8 Å². The van der Waals surface area contributed by atoms with Crippen LogP contribution in [0.3, 0.4) is 0 Å². The highest BCUT2D eigenvalue weighted by molar-refractivity contribution is 5.82. The standard InChI is InChI=1S/C27H45N3O4/c1-16(2)33-14-6-12-29-26(31)17(3)34-18-9-10-23-22(15-18)20-11-13-28-24-19-7-4-5-8-21(19)27(32)30(23)25(20)24/h16-25,28H,4-15H2,1-3H3,(H,29,31). The lowest BCUT2D eigenvalue weighted by Crippen LogP contribution is -2.66. The van der Waals surface area contributed by atoms with E-state index in [0.717, 1.165) is 45.1 Å². The molecule has 34 heavy (non-hydrogen) atoms. The molecule has 2 aliphatic carbocycles. The van der Waals surface area contributed by atoms with Crippen molar-refractivity contribution < 1.29 is 19.1 Å². The third kappa shape index (κ3) is 4.64.